The molecule has 2 aliphatic heterocycles. The lowest BCUT2D eigenvalue weighted by atomic mass is 9.88. The molecule has 0 unspecified atom stereocenters. The first-order chi connectivity index (χ1) is 11.6. The zero-order chi connectivity index (χ0) is 16.7. The molecule has 2 aromatic rings. The molecule has 4 rings (SSSR count). The summed E-state index contributed by atoms with van der Waals surface area (Å²) >= 11 is 0. The van der Waals surface area contributed by atoms with E-state index in [9.17, 15) is 4.79 Å². The van der Waals surface area contributed by atoms with Gasteiger partial charge >= 0.3 is 0 Å². The molecule has 0 radical (unpaired) electrons. The van der Waals surface area contributed by atoms with Gasteiger partial charge in [0.1, 0.15) is 5.82 Å². The number of para-hydroxylation sites is 1. The molecule has 2 bridgehead atoms. The number of amides is 1. The number of nitrogens with zero attached hydrogens (tertiary/aromatic N) is 2. The summed E-state index contributed by atoms with van der Waals surface area (Å²) < 4.78 is 5.80. The Morgan fingerprint density at radius 2 is 2.17 bits per heavy atom. The van der Waals surface area contributed by atoms with E-state index in [1.165, 1.54) is 0 Å². The molecule has 0 saturated carbocycles. The van der Waals surface area contributed by atoms with Gasteiger partial charge in [-0.2, -0.15) is 0 Å². The molecule has 1 N–H and O–H groups in total. The molecule has 2 fully saturated rings. The van der Waals surface area contributed by atoms with Gasteiger partial charge in [0, 0.05) is 26.0 Å². The van der Waals surface area contributed by atoms with Crippen molar-refractivity contribution in [1.82, 2.24) is 10.3 Å². The topological polar surface area (TPSA) is 54.5 Å². The van der Waals surface area contributed by atoms with Crippen LogP contribution in [0, 0.1) is 5.92 Å². The third kappa shape index (κ3) is 2.73. The van der Waals surface area contributed by atoms with E-state index in [0.29, 0.717) is 12.6 Å². The predicted octanol–water partition coefficient (Wildman–Crippen LogP) is 2.48. The molecule has 2 aliphatic rings. The highest BCUT2D eigenvalue weighted by Gasteiger charge is 2.44. The highest BCUT2D eigenvalue weighted by molar-refractivity contribution is 5.85. The monoisotopic (exact) mass is 325 g/mol. The molecule has 3 atom stereocenters. The van der Waals surface area contributed by atoms with Crippen LogP contribution in [0.25, 0.3) is 10.9 Å². The number of aromatic nitrogens is 1. The van der Waals surface area contributed by atoms with Crippen molar-refractivity contribution in [2.75, 3.05) is 19.0 Å². The highest BCUT2D eigenvalue weighted by atomic mass is 16.5. The fourth-order valence-corrected chi connectivity index (χ4v) is 3.83. The van der Waals surface area contributed by atoms with Crippen molar-refractivity contribution in [1.29, 1.82) is 0 Å². The van der Waals surface area contributed by atoms with Crippen molar-refractivity contribution in [3.8, 4) is 0 Å². The Bertz CT molecular complexity index is 774. The fourth-order valence-electron chi connectivity index (χ4n) is 3.83. The summed E-state index contributed by atoms with van der Waals surface area (Å²) in [5, 5.41) is 4.21. The van der Waals surface area contributed by atoms with Gasteiger partial charge in [-0.25, -0.2) is 4.98 Å². The molecule has 3 heterocycles. The molecule has 1 aromatic heterocycles. The van der Waals surface area contributed by atoms with E-state index < -0.39 is 0 Å². The van der Waals surface area contributed by atoms with Gasteiger partial charge in [0.15, 0.2) is 0 Å². The van der Waals surface area contributed by atoms with Gasteiger partial charge in [-0.05, 0) is 37.0 Å². The van der Waals surface area contributed by atoms with Gasteiger partial charge in [0.25, 0.3) is 0 Å². The lowest BCUT2D eigenvalue weighted by Crippen LogP contribution is -2.35. The first-order valence-electron chi connectivity index (χ1n) is 8.61. The van der Waals surface area contributed by atoms with E-state index in [4.69, 9.17) is 4.74 Å². The Morgan fingerprint density at radius 1 is 1.33 bits per heavy atom. The second kappa shape index (κ2) is 6.06. The molecular formula is C19H23N3O2. The van der Waals surface area contributed by atoms with Gasteiger partial charge < -0.3 is 15.0 Å². The van der Waals surface area contributed by atoms with E-state index in [-0.39, 0.29) is 17.9 Å². The molecule has 24 heavy (non-hydrogen) atoms. The van der Waals surface area contributed by atoms with E-state index in [1.54, 1.807) is 0 Å². The molecule has 0 spiro atoms. The molecule has 1 aromatic carbocycles. The Balaban J connectivity index is 1.54. The van der Waals surface area contributed by atoms with Crippen LogP contribution in [0.5, 0.6) is 0 Å². The van der Waals surface area contributed by atoms with Gasteiger partial charge in [-0.1, -0.05) is 18.2 Å². The summed E-state index contributed by atoms with van der Waals surface area (Å²) in [5.41, 5.74) is 2.05. The molecule has 5 nitrogen and oxygen atoms in total. The average Bonchev–Trinajstić information content (AvgIpc) is 3.22. The van der Waals surface area contributed by atoms with E-state index in [2.05, 4.69) is 22.4 Å². The van der Waals surface area contributed by atoms with Gasteiger partial charge in [-0.15, -0.1) is 0 Å². The smallest absolute Gasteiger partial charge is 0.226 e. The molecule has 0 aliphatic carbocycles. The van der Waals surface area contributed by atoms with Crippen molar-refractivity contribution in [2.45, 2.75) is 38.0 Å². The molecular weight excluding hydrogens is 302 g/mol. The Kier molecular flexibility index (Phi) is 3.88. The first kappa shape index (κ1) is 15.4. The molecule has 1 amide bonds. The van der Waals surface area contributed by atoms with Gasteiger partial charge in [0.2, 0.25) is 5.91 Å². The molecule has 126 valence electrons. The number of carbonyl (C=O) groups excluding carboxylic acids is 1. The normalized spacial score (nSPS) is 25.2. The van der Waals surface area contributed by atoms with E-state index in [1.807, 2.05) is 37.2 Å². The van der Waals surface area contributed by atoms with Crippen LogP contribution in [-0.4, -0.2) is 37.2 Å². The number of anilines is 1. The number of benzene rings is 1. The van der Waals surface area contributed by atoms with Crippen molar-refractivity contribution in [3.63, 3.8) is 0 Å². The standard InChI is InChI=1S/C19H23N3O2/c1-22(2)18-9-12(14-5-3-4-6-16(14)21-18)11-20-19(23)15-10-13-7-8-17(15)24-13/h3-6,9,13,15,17H,7-8,10-11H2,1-2H3,(H,20,23)/t13-,15+,17-/m1/s1. The largest absolute Gasteiger partial charge is 0.374 e. The maximum Gasteiger partial charge on any atom is 0.226 e. The van der Waals surface area contributed by atoms with Crippen LogP contribution in [-0.2, 0) is 16.1 Å². The summed E-state index contributed by atoms with van der Waals surface area (Å²) in [6, 6.07) is 10.1. The maximum absolute atomic E-state index is 12.5. The summed E-state index contributed by atoms with van der Waals surface area (Å²) in [6.45, 7) is 0.524. The van der Waals surface area contributed by atoms with Gasteiger partial charge in [-0.3, -0.25) is 4.79 Å². The van der Waals surface area contributed by atoms with Crippen LogP contribution in [0.1, 0.15) is 24.8 Å². The van der Waals surface area contributed by atoms with E-state index in [0.717, 1.165) is 41.5 Å². The number of rotatable bonds is 4. The van der Waals surface area contributed by atoms with Crippen LogP contribution in [0.3, 0.4) is 0 Å². The van der Waals surface area contributed by atoms with E-state index >= 15 is 0 Å². The van der Waals surface area contributed by atoms with Gasteiger partial charge in [0.05, 0.1) is 23.6 Å². The van der Waals surface area contributed by atoms with Crippen LogP contribution >= 0.6 is 0 Å². The summed E-state index contributed by atoms with van der Waals surface area (Å²) in [6.07, 6.45) is 3.42. The number of carbonyl (C=O) groups is 1. The Labute approximate surface area is 142 Å². The van der Waals surface area contributed by atoms with Crippen molar-refractivity contribution in [3.05, 3.63) is 35.9 Å². The zero-order valence-corrected chi connectivity index (χ0v) is 14.2. The third-order valence-corrected chi connectivity index (χ3v) is 5.14. The summed E-state index contributed by atoms with van der Waals surface area (Å²) in [7, 11) is 3.96. The number of ether oxygens (including phenoxy) is 1. The first-order valence-corrected chi connectivity index (χ1v) is 8.61. The van der Waals surface area contributed by atoms with Crippen LogP contribution < -0.4 is 10.2 Å². The van der Waals surface area contributed by atoms with Crippen molar-refractivity contribution >= 4 is 22.6 Å². The molecule has 2 saturated heterocycles. The van der Waals surface area contributed by atoms with Crippen LogP contribution in [0.15, 0.2) is 30.3 Å². The Morgan fingerprint density at radius 3 is 2.88 bits per heavy atom. The Hall–Kier alpha value is -2.14. The predicted molar refractivity (Wildman–Crippen MR) is 93.9 cm³/mol. The number of fused-ring (bicyclic) bond motifs is 3. The lowest BCUT2D eigenvalue weighted by molar-refractivity contribution is -0.126. The number of hydrogen-bond donors (Lipinski definition) is 1. The van der Waals surface area contributed by atoms with Crippen LogP contribution in [0.4, 0.5) is 5.82 Å². The number of hydrogen-bond acceptors (Lipinski definition) is 4. The maximum atomic E-state index is 12.5. The average molecular weight is 325 g/mol. The highest BCUT2D eigenvalue weighted by Crippen LogP contribution is 2.38. The lowest BCUT2D eigenvalue weighted by Gasteiger charge is -2.19. The van der Waals surface area contributed by atoms with Crippen LogP contribution in [0.2, 0.25) is 0 Å². The minimum Gasteiger partial charge on any atom is -0.374 e. The SMILES string of the molecule is CN(C)c1cc(CNC(=O)[C@H]2C[C@H]3CC[C@H]2O3)c2ccccc2n1. The summed E-state index contributed by atoms with van der Waals surface area (Å²) in [4.78, 5) is 19.2. The van der Waals surface area contributed by atoms with Crippen molar-refractivity contribution < 1.29 is 9.53 Å². The number of pyridine rings is 1. The second-order valence-corrected chi connectivity index (χ2v) is 6.99. The number of nitrogens with one attached hydrogen (secondary N) is 1. The molecule has 5 heteroatoms. The second-order valence-electron chi connectivity index (χ2n) is 6.99. The fraction of sp³-hybridized carbons (Fsp3) is 0.474. The minimum atomic E-state index is 0.0187. The summed E-state index contributed by atoms with van der Waals surface area (Å²) in [5.74, 6) is 1.04. The third-order valence-electron chi connectivity index (χ3n) is 5.14. The zero-order valence-electron chi connectivity index (χ0n) is 14.2. The van der Waals surface area contributed by atoms with Crippen molar-refractivity contribution in [2.24, 2.45) is 5.92 Å². The minimum absolute atomic E-state index is 0.0187. The quantitative estimate of drug-likeness (QED) is 0.938.